The molecule has 1 aliphatic rings. The SMILES string of the molecule is CC(C)CC[C@@]1(C(=O)O)CN(Cc2c(Cl)cncc2Cl)CC[C@H]1O. The third kappa shape index (κ3) is 4.20. The van der Waals surface area contributed by atoms with Crippen LogP contribution < -0.4 is 0 Å². The molecule has 0 aromatic carbocycles. The van der Waals surface area contributed by atoms with Gasteiger partial charge in [-0.05, 0) is 25.2 Å². The van der Waals surface area contributed by atoms with E-state index >= 15 is 0 Å². The van der Waals surface area contributed by atoms with Crippen molar-refractivity contribution in [1.82, 2.24) is 9.88 Å². The molecule has 24 heavy (non-hydrogen) atoms. The lowest BCUT2D eigenvalue weighted by Crippen LogP contribution is -2.55. The van der Waals surface area contributed by atoms with Crippen molar-refractivity contribution in [3.8, 4) is 0 Å². The largest absolute Gasteiger partial charge is 0.481 e. The minimum atomic E-state index is -1.14. The zero-order chi connectivity index (χ0) is 17.9. The van der Waals surface area contributed by atoms with E-state index in [1.54, 1.807) is 0 Å². The van der Waals surface area contributed by atoms with Crippen molar-refractivity contribution in [2.24, 2.45) is 11.3 Å². The van der Waals surface area contributed by atoms with Gasteiger partial charge in [-0.1, -0.05) is 37.0 Å². The molecule has 0 bridgehead atoms. The Labute approximate surface area is 152 Å². The van der Waals surface area contributed by atoms with Gasteiger partial charge in [0.05, 0.1) is 16.1 Å². The van der Waals surface area contributed by atoms with Crippen LogP contribution in [0.3, 0.4) is 0 Å². The number of piperidine rings is 1. The van der Waals surface area contributed by atoms with Crippen molar-refractivity contribution in [1.29, 1.82) is 0 Å². The number of nitrogens with zero attached hydrogens (tertiary/aromatic N) is 2. The summed E-state index contributed by atoms with van der Waals surface area (Å²) in [6.07, 6.45) is 3.86. The van der Waals surface area contributed by atoms with Crippen molar-refractivity contribution in [2.75, 3.05) is 13.1 Å². The molecule has 134 valence electrons. The average molecular weight is 375 g/mol. The molecule has 0 radical (unpaired) electrons. The summed E-state index contributed by atoms with van der Waals surface area (Å²) in [5.41, 5.74) is -0.401. The van der Waals surface area contributed by atoms with Crippen molar-refractivity contribution < 1.29 is 15.0 Å². The number of halogens is 2. The molecule has 2 atom stereocenters. The molecule has 1 aromatic rings. The van der Waals surface area contributed by atoms with Crippen molar-refractivity contribution in [2.45, 2.75) is 45.8 Å². The van der Waals surface area contributed by atoms with E-state index in [1.807, 2.05) is 4.90 Å². The number of carboxylic acid groups (broad SMARTS) is 1. The van der Waals surface area contributed by atoms with Gasteiger partial charge in [0.15, 0.2) is 0 Å². The standard InChI is InChI=1S/C17H24Cl2N2O3/c1-11(2)3-5-17(16(23)24)10-21(6-4-15(17)22)9-12-13(18)7-20-8-14(12)19/h7-8,11,15,22H,3-6,9-10H2,1-2H3,(H,23,24)/t15-,17-/m1/s1. The van der Waals surface area contributed by atoms with Gasteiger partial charge < -0.3 is 10.2 Å². The minimum Gasteiger partial charge on any atom is -0.481 e. The summed E-state index contributed by atoms with van der Waals surface area (Å²) in [4.78, 5) is 17.9. The molecule has 5 nitrogen and oxygen atoms in total. The molecule has 2 heterocycles. The fourth-order valence-corrected chi connectivity index (χ4v) is 3.71. The van der Waals surface area contributed by atoms with Gasteiger partial charge in [0.25, 0.3) is 0 Å². The lowest BCUT2D eigenvalue weighted by molar-refractivity contribution is -0.165. The van der Waals surface area contributed by atoms with Crippen molar-refractivity contribution in [3.63, 3.8) is 0 Å². The van der Waals surface area contributed by atoms with Crippen LogP contribution in [0.1, 0.15) is 38.7 Å². The topological polar surface area (TPSA) is 73.7 Å². The highest BCUT2D eigenvalue weighted by atomic mass is 35.5. The van der Waals surface area contributed by atoms with E-state index in [-0.39, 0.29) is 6.54 Å². The lowest BCUT2D eigenvalue weighted by atomic mass is 9.72. The summed E-state index contributed by atoms with van der Waals surface area (Å²) < 4.78 is 0. The minimum absolute atomic E-state index is 0.283. The number of aliphatic carboxylic acids is 1. The van der Waals surface area contributed by atoms with Crippen LogP contribution in [0.15, 0.2) is 12.4 Å². The second-order valence-corrected chi connectivity index (χ2v) is 7.81. The van der Waals surface area contributed by atoms with Gasteiger partial charge in [0, 0.05) is 37.6 Å². The fraction of sp³-hybridized carbons (Fsp3) is 0.647. The number of hydrogen-bond donors (Lipinski definition) is 2. The van der Waals surface area contributed by atoms with Crippen molar-refractivity contribution in [3.05, 3.63) is 28.0 Å². The Morgan fingerprint density at radius 2 is 2.04 bits per heavy atom. The Bertz CT molecular complexity index is 577. The highest BCUT2D eigenvalue weighted by Gasteiger charge is 2.48. The van der Waals surface area contributed by atoms with E-state index in [1.165, 1.54) is 12.4 Å². The zero-order valence-electron chi connectivity index (χ0n) is 14.0. The van der Waals surface area contributed by atoms with Gasteiger partial charge >= 0.3 is 5.97 Å². The molecule has 2 rings (SSSR count). The van der Waals surface area contributed by atoms with Crippen LogP contribution in [0.25, 0.3) is 0 Å². The Kier molecular flexibility index (Phi) is 6.48. The summed E-state index contributed by atoms with van der Waals surface area (Å²) in [6, 6.07) is 0. The Morgan fingerprint density at radius 1 is 1.42 bits per heavy atom. The Morgan fingerprint density at radius 3 is 2.58 bits per heavy atom. The first kappa shape index (κ1) is 19.4. The van der Waals surface area contributed by atoms with Crippen molar-refractivity contribution >= 4 is 29.2 Å². The Balaban J connectivity index is 2.20. The molecule has 1 aromatic heterocycles. The van der Waals surface area contributed by atoms with Crippen LogP contribution in [0.4, 0.5) is 0 Å². The fourth-order valence-electron chi connectivity index (χ4n) is 3.22. The van der Waals surface area contributed by atoms with Crippen LogP contribution in [0.2, 0.25) is 10.0 Å². The van der Waals surface area contributed by atoms with Crippen LogP contribution in [-0.2, 0) is 11.3 Å². The first-order chi connectivity index (χ1) is 11.3. The van der Waals surface area contributed by atoms with Crippen LogP contribution in [0, 0.1) is 11.3 Å². The average Bonchev–Trinajstić information content (AvgIpc) is 2.51. The smallest absolute Gasteiger partial charge is 0.313 e. The molecular weight excluding hydrogens is 351 g/mol. The number of aliphatic hydroxyl groups excluding tert-OH is 1. The van der Waals surface area contributed by atoms with Gasteiger partial charge in [0.2, 0.25) is 0 Å². The number of rotatable bonds is 6. The van der Waals surface area contributed by atoms with Gasteiger partial charge in [0.1, 0.15) is 5.41 Å². The molecule has 0 spiro atoms. The van der Waals surface area contributed by atoms with Crippen LogP contribution in [0.5, 0.6) is 0 Å². The van der Waals surface area contributed by atoms with Gasteiger partial charge in [-0.3, -0.25) is 14.7 Å². The van der Waals surface area contributed by atoms with E-state index in [9.17, 15) is 15.0 Å². The highest BCUT2D eigenvalue weighted by molar-refractivity contribution is 6.35. The summed E-state index contributed by atoms with van der Waals surface area (Å²) in [6.45, 7) is 5.44. The first-order valence-electron chi connectivity index (χ1n) is 8.18. The van der Waals surface area contributed by atoms with Crippen LogP contribution >= 0.6 is 23.2 Å². The first-order valence-corrected chi connectivity index (χ1v) is 8.93. The molecule has 7 heteroatoms. The normalized spacial score (nSPS) is 25.2. The zero-order valence-corrected chi connectivity index (χ0v) is 15.5. The van der Waals surface area contributed by atoms with Gasteiger partial charge in [-0.15, -0.1) is 0 Å². The lowest BCUT2D eigenvalue weighted by Gasteiger charge is -2.44. The Hall–Kier alpha value is -0.880. The number of carbonyl (C=O) groups is 1. The second kappa shape index (κ2) is 8.00. The van der Waals surface area contributed by atoms with E-state index in [0.717, 1.165) is 12.0 Å². The number of hydrogen-bond acceptors (Lipinski definition) is 4. The summed E-state index contributed by atoms with van der Waals surface area (Å²) in [7, 11) is 0. The maximum Gasteiger partial charge on any atom is 0.313 e. The molecule has 1 saturated heterocycles. The highest BCUT2D eigenvalue weighted by Crippen LogP contribution is 2.38. The predicted octanol–water partition coefficient (Wildman–Crippen LogP) is 3.46. The molecule has 1 aliphatic heterocycles. The number of aromatic nitrogens is 1. The molecule has 0 saturated carbocycles. The van der Waals surface area contributed by atoms with Gasteiger partial charge in [-0.2, -0.15) is 0 Å². The molecule has 0 aliphatic carbocycles. The quantitative estimate of drug-likeness (QED) is 0.797. The number of likely N-dealkylation sites (tertiary alicyclic amines) is 1. The molecule has 1 fully saturated rings. The third-order valence-electron chi connectivity index (χ3n) is 4.79. The monoisotopic (exact) mass is 374 g/mol. The van der Waals surface area contributed by atoms with Gasteiger partial charge in [-0.25, -0.2) is 0 Å². The molecule has 2 N–H and O–H groups in total. The predicted molar refractivity (Wildman–Crippen MR) is 94.3 cm³/mol. The van der Waals surface area contributed by atoms with Crippen LogP contribution in [-0.4, -0.2) is 45.3 Å². The number of carboxylic acids is 1. The summed E-state index contributed by atoms with van der Waals surface area (Å²) in [5.74, 6) is -0.555. The number of pyridine rings is 1. The summed E-state index contributed by atoms with van der Waals surface area (Å²) >= 11 is 12.3. The maximum atomic E-state index is 12.0. The number of aliphatic hydroxyl groups is 1. The third-order valence-corrected chi connectivity index (χ3v) is 5.44. The maximum absolute atomic E-state index is 12.0. The van der Waals surface area contributed by atoms with E-state index in [2.05, 4.69) is 18.8 Å². The van der Waals surface area contributed by atoms with E-state index in [0.29, 0.717) is 41.9 Å². The second-order valence-electron chi connectivity index (χ2n) is 6.99. The van der Waals surface area contributed by atoms with E-state index < -0.39 is 17.5 Å². The van der Waals surface area contributed by atoms with E-state index in [4.69, 9.17) is 23.2 Å². The molecular formula is C17H24Cl2N2O3. The summed E-state index contributed by atoms with van der Waals surface area (Å²) in [5, 5.41) is 21.2. The molecule has 0 unspecified atom stereocenters. The molecule has 0 amide bonds.